The van der Waals surface area contributed by atoms with Gasteiger partial charge < -0.3 is 24.5 Å². The smallest absolute Gasteiger partial charge is 0.291 e. The molecule has 0 unspecified atom stereocenters. The number of rotatable bonds is 9. The normalized spacial score (nSPS) is 10.5. The highest BCUT2D eigenvalue weighted by Crippen LogP contribution is 2.23. The minimum Gasteiger partial charge on any atom is -0.489 e. The zero-order valence-corrected chi connectivity index (χ0v) is 17.1. The number of anilines is 1. The van der Waals surface area contributed by atoms with E-state index in [1.54, 1.807) is 25.3 Å². The molecular weight excluding hydrogens is 408 g/mol. The van der Waals surface area contributed by atoms with Crippen LogP contribution in [0.5, 0.6) is 5.75 Å². The molecule has 1 heterocycles. The van der Waals surface area contributed by atoms with E-state index >= 15 is 0 Å². The molecular formula is C22H21ClN2O5. The molecule has 156 valence electrons. The van der Waals surface area contributed by atoms with E-state index in [1.165, 1.54) is 12.3 Å². The number of benzene rings is 2. The van der Waals surface area contributed by atoms with E-state index in [1.807, 2.05) is 30.3 Å². The number of para-hydroxylation sites is 1. The number of hydrogen-bond donors (Lipinski definition) is 2. The first kappa shape index (κ1) is 21.4. The fourth-order valence-electron chi connectivity index (χ4n) is 2.65. The lowest BCUT2D eigenvalue weighted by Gasteiger charge is -2.10. The number of ether oxygens (including phenoxy) is 2. The minimum absolute atomic E-state index is 0.142. The Hall–Kier alpha value is -3.29. The molecule has 0 atom stereocenters. The molecule has 3 rings (SSSR count). The van der Waals surface area contributed by atoms with Gasteiger partial charge in [-0.1, -0.05) is 29.8 Å². The van der Waals surface area contributed by atoms with Crippen molar-refractivity contribution < 1.29 is 23.5 Å². The Morgan fingerprint density at radius 3 is 2.60 bits per heavy atom. The maximum absolute atomic E-state index is 12.6. The van der Waals surface area contributed by atoms with Crippen molar-refractivity contribution >= 4 is 29.1 Å². The highest BCUT2D eigenvalue weighted by molar-refractivity contribution is 6.34. The van der Waals surface area contributed by atoms with Gasteiger partial charge in [0.05, 0.1) is 23.5 Å². The molecule has 2 amide bonds. The van der Waals surface area contributed by atoms with Gasteiger partial charge in [0.2, 0.25) is 0 Å². The van der Waals surface area contributed by atoms with Gasteiger partial charge in [0, 0.05) is 24.9 Å². The van der Waals surface area contributed by atoms with Crippen LogP contribution in [-0.4, -0.2) is 32.1 Å². The quantitative estimate of drug-likeness (QED) is 0.500. The van der Waals surface area contributed by atoms with Gasteiger partial charge in [0.15, 0.2) is 5.76 Å². The summed E-state index contributed by atoms with van der Waals surface area (Å²) in [5.41, 5.74) is 1.35. The largest absolute Gasteiger partial charge is 0.489 e. The summed E-state index contributed by atoms with van der Waals surface area (Å²) in [6.45, 7) is 0.956. The van der Waals surface area contributed by atoms with E-state index in [0.29, 0.717) is 35.7 Å². The van der Waals surface area contributed by atoms with E-state index in [4.69, 9.17) is 25.5 Å². The lowest BCUT2D eigenvalue weighted by molar-refractivity contribution is 0.0936. The van der Waals surface area contributed by atoms with Crippen LogP contribution in [0.1, 0.15) is 26.5 Å². The van der Waals surface area contributed by atoms with Crippen molar-refractivity contribution in [2.45, 2.75) is 6.61 Å². The Labute approximate surface area is 178 Å². The summed E-state index contributed by atoms with van der Waals surface area (Å²) in [7, 11) is 1.55. The maximum Gasteiger partial charge on any atom is 0.291 e. The van der Waals surface area contributed by atoms with Crippen molar-refractivity contribution in [1.29, 1.82) is 0 Å². The summed E-state index contributed by atoms with van der Waals surface area (Å²) in [5.74, 6) is 0.0703. The standard InChI is InChI=1S/C22H21ClN2O5/c1-28-12-10-24-21(26)18-8-7-16(13-19(18)23)25-22(27)20-15(9-11-29-20)14-30-17-5-3-2-4-6-17/h2-9,11,13H,10,12,14H2,1H3,(H,24,26)(H,25,27). The molecule has 8 heteroatoms. The minimum atomic E-state index is -0.444. The second-order valence-electron chi connectivity index (χ2n) is 6.27. The lowest BCUT2D eigenvalue weighted by atomic mass is 10.2. The van der Waals surface area contributed by atoms with E-state index < -0.39 is 5.91 Å². The summed E-state index contributed by atoms with van der Waals surface area (Å²) in [6.07, 6.45) is 1.43. The zero-order valence-electron chi connectivity index (χ0n) is 16.3. The predicted octanol–water partition coefficient (Wildman–Crippen LogP) is 4.14. The van der Waals surface area contributed by atoms with Crippen molar-refractivity contribution in [3.63, 3.8) is 0 Å². The van der Waals surface area contributed by atoms with E-state index in [9.17, 15) is 9.59 Å². The van der Waals surface area contributed by atoms with Gasteiger partial charge >= 0.3 is 0 Å². The summed E-state index contributed by atoms with van der Waals surface area (Å²) in [5, 5.41) is 5.63. The topological polar surface area (TPSA) is 89.8 Å². The highest BCUT2D eigenvalue weighted by Gasteiger charge is 2.17. The Bertz CT molecular complexity index is 1000. The first-order chi connectivity index (χ1) is 14.6. The van der Waals surface area contributed by atoms with Gasteiger partial charge in [-0.2, -0.15) is 0 Å². The number of furan rings is 1. The average Bonchev–Trinajstić information content (AvgIpc) is 3.22. The SMILES string of the molecule is COCCNC(=O)c1ccc(NC(=O)c2occc2COc2ccccc2)cc1Cl. The lowest BCUT2D eigenvalue weighted by Crippen LogP contribution is -2.27. The van der Waals surface area contributed by atoms with Crippen molar-refractivity contribution in [2.75, 3.05) is 25.6 Å². The molecule has 0 radical (unpaired) electrons. The second-order valence-corrected chi connectivity index (χ2v) is 6.68. The van der Waals surface area contributed by atoms with Crippen molar-refractivity contribution in [3.05, 3.63) is 82.8 Å². The van der Waals surface area contributed by atoms with Crippen molar-refractivity contribution in [3.8, 4) is 5.75 Å². The molecule has 0 aliphatic heterocycles. The number of hydrogen-bond acceptors (Lipinski definition) is 5. The van der Waals surface area contributed by atoms with Gasteiger partial charge in [0.25, 0.3) is 11.8 Å². The van der Waals surface area contributed by atoms with Crippen LogP contribution < -0.4 is 15.4 Å². The van der Waals surface area contributed by atoms with Gasteiger partial charge in [-0.3, -0.25) is 9.59 Å². The van der Waals surface area contributed by atoms with Gasteiger partial charge in [-0.15, -0.1) is 0 Å². The molecule has 0 aliphatic carbocycles. The van der Waals surface area contributed by atoms with Crippen LogP contribution in [0.15, 0.2) is 65.3 Å². The summed E-state index contributed by atoms with van der Waals surface area (Å²) in [4.78, 5) is 24.7. The Balaban J connectivity index is 1.63. The van der Waals surface area contributed by atoms with Crippen LogP contribution in [0.25, 0.3) is 0 Å². The number of carbonyl (C=O) groups is 2. The fourth-order valence-corrected chi connectivity index (χ4v) is 2.92. The van der Waals surface area contributed by atoms with E-state index in [0.717, 1.165) is 0 Å². The fraction of sp³-hybridized carbons (Fsp3) is 0.182. The number of amides is 2. The van der Waals surface area contributed by atoms with Gasteiger partial charge in [-0.05, 0) is 36.4 Å². The molecule has 0 spiro atoms. The predicted molar refractivity (Wildman–Crippen MR) is 113 cm³/mol. The number of carbonyl (C=O) groups excluding carboxylic acids is 2. The third-order valence-electron chi connectivity index (χ3n) is 4.15. The molecule has 2 N–H and O–H groups in total. The molecule has 1 aromatic heterocycles. The molecule has 7 nitrogen and oxygen atoms in total. The monoisotopic (exact) mass is 428 g/mol. The molecule has 30 heavy (non-hydrogen) atoms. The zero-order chi connectivity index (χ0) is 21.3. The first-order valence-corrected chi connectivity index (χ1v) is 9.58. The molecule has 0 saturated carbocycles. The molecule has 0 bridgehead atoms. The van der Waals surface area contributed by atoms with Crippen LogP contribution in [0.2, 0.25) is 5.02 Å². The molecule has 3 aromatic rings. The van der Waals surface area contributed by atoms with E-state index in [-0.39, 0.29) is 23.3 Å². The van der Waals surface area contributed by atoms with Crippen molar-refractivity contribution in [1.82, 2.24) is 5.32 Å². The Morgan fingerprint density at radius 1 is 1.07 bits per heavy atom. The Kier molecular flexibility index (Phi) is 7.48. The van der Waals surface area contributed by atoms with Crippen LogP contribution in [0.3, 0.4) is 0 Å². The van der Waals surface area contributed by atoms with Crippen LogP contribution in [-0.2, 0) is 11.3 Å². The van der Waals surface area contributed by atoms with Crippen LogP contribution >= 0.6 is 11.6 Å². The molecule has 2 aromatic carbocycles. The number of nitrogens with one attached hydrogen (secondary N) is 2. The van der Waals surface area contributed by atoms with Gasteiger partial charge in [0.1, 0.15) is 12.4 Å². The van der Waals surface area contributed by atoms with Crippen molar-refractivity contribution in [2.24, 2.45) is 0 Å². The highest BCUT2D eigenvalue weighted by atomic mass is 35.5. The third-order valence-corrected chi connectivity index (χ3v) is 4.47. The van der Waals surface area contributed by atoms with Crippen LogP contribution in [0.4, 0.5) is 5.69 Å². The number of methoxy groups -OCH3 is 1. The molecule has 0 saturated heterocycles. The Morgan fingerprint density at radius 2 is 1.87 bits per heavy atom. The summed E-state index contributed by atoms with van der Waals surface area (Å²) < 4.78 is 15.9. The molecule has 0 aliphatic rings. The average molecular weight is 429 g/mol. The summed E-state index contributed by atoms with van der Waals surface area (Å²) in [6, 6.07) is 15.6. The summed E-state index contributed by atoms with van der Waals surface area (Å²) >= 11 is 6.21. The second kappa shape index (κ2) is 10.5. The van der Waals surface area contributed by atoms with Crippen LogP contribution in [0, 0.1) is 0 Å². The molecule has 0 fully saturated rings. The first-order valence-electron chi connectivity index (χ1n) is 9.20. The van der Waals surface area contributed by atoms with Gasteiger partial charge in [-0.25, -0.2) is 0 Å². The number of halogens is 1. The van der Waals surface area contributed by atoms with E-state index in [2.05, 4.69) is 10.6 Å². The third kappa shape index (κ3) is 5.62. The maximum atomic E-state index is 12.6.